The van der Waals surface area contributed by atoms with Crippen molar-refractivity contribution < 1.29 is 4.74 Å². The number of rotatable bonds is 5. The van der Waals surface area contributed by atoms with Crippen molar-refractivity contribution in [2.75, 3.05) is 20.2 Å². The standard InChI is InChI=1S/C16H25NO/c1-5-17-11-16(9-8-13(16)3)14-7-6-12(2)15(10-14)18-4/h6-7,10,13,17H,5,8-9,11H2,1-4H3. The Morgan fingerprint density at radius 2 is 2.22 bits per heavy atom. The van der Waals surface area contributed by atoms with Crippen LogP contribution < -0.4 is 10.1 Å². The zero-order valence-corrected chi connectivity index (χ0v) is 12.0. The molecule has 1 saturated carbocycles. The van der Waals surface area contributed by atoms with Crippen LogP contribution in [-0.2, 0) is 5.41 Å². The average Bonchev–Trinajstić information content (AvgIpc) is 2.39. The highest BCUT2D eigenvalue weighted by molar-refractivity contribution is 5.41. The van der Waals surface area contributed by atoms with Crippen LogP contribution >= 0.6 is 0 Å². The number of nitrogens with one attached hydrogen (secondary N) is 1. The summed E-state index contributed by atoms with van der Waals surface area (Å²) >= 11 is 0. The molecule has 2 heteroatoms. The fourth-order valence-corrected chi connectivity index (χ4v) is 3.05. The van der Waals surface area contributed by atoms with Gasteiger partial charge in [0.1, 0.15) is 5.75 Å². The molecule has 0 aromatic heterocycles. The summed E-state index contributed by atoms with van der Waals surface area (Å²) in [4.78, 5) is 0. The van der Waals surface area contributed by atoms with Crippen LogP contribution in [0.2, 0.25) is 0 Å². The van der Waals surface area contributed by atoms with Crippen LogP contribution in [0, 0.1) is 12.8 Å². The molecule has 0 spiro atoms. The van der Waals surface area contributed by atoms with Crippen molar-refractivity contribution in [1.82, 2.24) is 5.32 Å². The largest absolute Gasteiger partial charge is 0.496 e. The van der Waals surface area contributed by atoms with Crippen molar-refractivity contribution in [2.45, 2.75) is 39.0 Å². The Kier molecular flexibility index (Phi) is 3.96. The summed E-state index contributed by atoms with van der Waals surface area (Å²) in [5.41, 5.74) is 2.97. The van der Waals surface area contributed by atoms with Crippen molar-refractivity contribution in [3.05, 3.63) is 29.3 Å². The van der Waals surface area contributed by atoms with Gasteiger partial charge < -0.3 is 10.1 Å². The molecule has 0 radical (unpaired) electrons. The van der Waals surface area contributed by atoms with E-state index in [2.05, 4.69) is 44.3 Å². The lowest BCUT2D eigenvalue weighted by Gasteiger charge is -2.49. The highest BCUT2D eigenvalue weighted by atomic mass is 16.5. The van der Waals surface area contributed by atoms with Gasteiger partial charge in [-0.15, -0.1) is 0 Å². The summed E-state index contributed by atoms with van der Waals surface area (Å²) in [7, 11) is 1.76. The zero-order chi connectivity index (χ0) is 13.2. The fraction of sp³-hybridized carbons (Fsp3) is 0.625. The average molecular weight is 247 g/mol. The molecule has 1 aliphatic carbocycles. The van der Waals surface area contributed by atoms with E-state index in [0.717, 1.165) is 24.8 Å². The minimum atomic E-state index is 0.316. The number of aryl methyl sites for hydroxylation is 1. The van der Waals surface area contributed by atoms with E-state index in [9.17, 15) is 0 Å². The van der Waals surface area contributed by atoms with E-state index in [0.29, 0.717) is 5.41 Å². The Labute approximate surface area is 111 Å². The Bertz CT molecular complexity index is 416. The van der Waals surface area contributed by atoms with Gasteiger partial charge in [0.2, 0.25) is 0 Å². The number of hydrogen-bond donors (Lipinski definition) is 1. The van der Waals surface area contributed by atoms with E-state index in [1.807, 2.05) is 0 Å². The molecule has 2 unspecified atom stereocenters. The zero-order valence-electron chi connectivity index (χ0n) is 12.0. The summed E-state index contributed by atoms with van der Waals surface area (Å²) in [6.45, 7) is 8.76. The Morgan fingerprint density at radius 1 is 1.44 bits per heavy atom. The quantitative estimate of drug-likeness (QED) is 0.862. The van der Waals surface area contributed by atoms with Gasteiger partial charge in [-0.25, -0.2) is 0 Å². The molecule has 0 bridgehead atoms. The third kappa shape index (κ3) is 2.14. The molecule has 18 heavy (non-hydrogen) atoms. The number of ether oxygens (including phenoxy) is 1. The first kappa shape index (κ1) is 13.4. The summed E-state index contributed by atoms with van der Waals surface area (Å²) in [5.74, 6) is 1.77. The number of benzene rings is 1. The lowest BCUT2D eigenvalue weighted by molar-refractivity contribution is 0.134. The molecular formula is C16H25NO. The third-order valence-corrected chi connectivity index (χ3v) is 4.64. The second-order valence-corrected chi connectivity index (χ2v) is 5.56. The van der Waals surface area contributed by atoms with Crippen LogP contribution in [0.3, 0.4) is 0 Å². The molecular weight excluding hydrogens is 222 g/mol. The summed E-state index contributed by atoms with van der Waals surface area (Å²) in [6.07, 6.45) is 2.62. The van der Waals surface area contributed by atoms with Crippen LogP contribution in [0.5, 0.6) is 5.75 Å². The van der Waals surface area contributed by atoms with Gasteiger partial charge in [-0.3, -0.25) is 0 Å². The maximum Gasteiger partial charge on any atom is 0.122 e. The van der Waals surface area contributed by atoms with Gasteiger partial charge in [-0.1, -0.05) is 26.0 Å². The van der Waals surface area contributed by atoms with Gasteiger partial charge in [-0.2, -0.15) is 0 Å². The molecule has 2 atom stereocenters. The molecule has 2 nitrogen and oxygen atoms in total. The van der Waals surface area contributed by atoms with Crippen LogP contribution in [0.25, 0.3) is 0 Å². The predicted molar refractivity (Wildman–Crippen MR) is 76.4 cm³/mol. The van der Waals surface area contributed by atoms with Gasteiger partial charge in [0.05, 0.1) is 7.11 Å². The first-order chi connectivity index (χ1) is 8.64. The van der Waals surface area contributed by atoms with Crippen molar-refractivity contribution in [3.63, 3.8) is 0 Å². The second kappa shape index (κ2) is 5.31. The van der Waals surface area contributed by atoms with Gasteiger partial charge in [0.15, 0.2) is 0 Å². The smallest absolute Gasteiger partial charge is 0.122 e. The topological polar surface area (TPSA) is 21.3 Å². The highest BCUT2D eigenvalue weighted by Crippen LogP contribution is 2.49. The highest BCUT2D eigenvalue weighted by Gasteiger charge is 2.44. The van der Waals surface area contributed by atoms with E-state index in [1.54, 1.807) is 7.11 Å². The van der Waals surface area contributed by atoms with Gasteiger partial charge >= 0.3 is 0 Å². The Balaban J connectivity index is 2.31. The molecule has 0 amide bonds. The van der Waals surface area contributed by atoms with Gasteiger partial charge in [-0.05, 0) is 49.4 Å². The first-order valence-electron chi connectivity index (χ1n) is 7.00. The molecule has 1 fully saturated rings. The van der Waals surface area contributed by atoms with Crippen LogP contribution in [0.4, 0.5) is 0 Å². The normalized spacial score (nSPS) is 26.8. The summed E-state index contributed by atoms with van der Waals surface area (Å²) in [5, 5.41) is 3.53. The second-order valence-electron chi connectivity index (χ2n) is 5.56. The summed E-state index contributed by atoms with van der Waals surface area (Å²) < 4.78 is 5.47. The molecule has 0 saturated heterocycles. The minimum Gasteiger partial charge on any atom is -0.496 e. The molecule has 1 aromatic rings. The van der Waals surface area contributed by atoms with E-state index in [4.69, 9.17) is 4.74 Å². The van der Waals surface area contributed by atoms with Crippen LogP contribution in [-0.4, -0.2) is 20.2 Å². The molecule has 1 aliphatic rings. The van der Waals surface area contributed by atoms with E-state index >= 15 is 0 Å². The van der Waals surface area contributed by atoms with Gasteiger partial charge in [0, 0.05) is 12.0 Å². The summed E-state index contributed by atoms with van der Waals surface area (Å²) in [6, 6.07) is 6.71. The minimum absolute atomic E-state index is 0.316. The first-order valence-corrected chi connectivity index (χ1v) is 7.00. The molecule has 2 rings (SSSR count). The monoisotopic (exact) mass is 247 g/mol. The number of hydrogen-bond acceptors (Lipinski definition) is 2. The lowest BCUT2D eigenvalue weighted by Crippen LogP contribution is -2.50. The molecule has 0 aliphatic heterocycles. The number of likely N-dealkylation sites (N-methyl/N-ethyl adjacent to an activating group) is 1. The predicted octanol–water partition coefficient (Wildman–Crippen LogP) is 3.28. The maximum absolute atomic E-state index is 5.47. The number of methoxy groups -OCH3 is 1. The van der Waals surface area contributed by atoms with E-state index in [1.165, 1.54) is 24.0 Å². The molecule has 1 aromatic carbocycles. The Morgan fingerprint density at radius 3 is 2.72 bits per heavy atom. The van der Waals surface area contributed by atoms with Crippen molar-refractivity contribution in [1.29, 1.82) is 0 Å². The van der Waals surface area contributed by atoms with Crippen LogP contribution in [0.15, 0.2) is 18.2 Å². The fourth-order valence-electron chi connectivity index (χ4n) is 3.05. The molecule has 1 N–H and O–H groups in total. The van der Waals surface area contributed by atoms with E-state index in [-0.39, 0.29) is 0 Å². The van der Waals surface area contributed by atoms with Crippen molar-refractivity contribution >= 4 is 0 Å². The van der Waals surface area contributed by atoms with Crippen molar-refractivity contribution in [3.8, 4) is 5.75 Å². The molecule has 0 heterocycles. The van der Waals surface area contributed by atoms with Gasteiger partial charge in [0.25, 0.3) is 0 Å². The lowest BCUT2D eigenvalue weighted by atomic mass is 9.57. The maximum atomic E-state index is 5.47. The van der Waals surface area contributed by atoms with Crippen molar-refractivity contribution in [2.24, 2.45) is 5.92 Å². The third-order valence-electron chi connectivity index (χ3n) is 4.64. The molecule has 100 valence electrons. The van der Waals surface area contributed by atoms with E-state index < -0.39 is 0 Å². The Hall–Kier alpha value is -1.02. The van der Waals surface area contributed by atoms with Crippen LogP contribution in [0.1, 0.15) is 37.8 Å². The SMILES string of the molecule is CCNCC1(c2ccc(C)c(OC)c2)CCC1C.